The number of hydrogen-bond donors (Lipinski definition) is 1. The maximum Gasteiger partial charge on any atom is 0.417 e. The fraction of sp³-hybridized carbons (Fsp3) is 0.381. The first kappa shape index (κ1) is 22.0. The van der Waals surface area contributed by atoms with E-state index in [0.717, 1.165) is 22.2 Å². The van der Waals surface area contributed by atoms with Crippen LogP contribution in [-0.4, -0.2) is 48.9 Å². The number of nitrogens with zero attached hydrogens (tertiary/aromatic N) is 2. The van der Waals surface area contributed by atoms with Crippen molar-refractivity contribution in [3.63, 3.8) is 0 Å². The Morgan fingerprint density at radius 3 is 2.34 bits per heavy atom. The van der Waals surface area contributed by atoms with Crippen LogP contribution >= 0.6 is 22.6 Å². The summed E-state index contributed by atoms with van der Waals surface area (Å²) in [5.41, 5.74) is 5.91. The maximum absolute atomic E-state index is 14.3. The Labute approximate surface area is 182 Å². The Kier molecular flexibility index (Phi) is 6.54. The van der Waals surface area contributed by atoms with Crippen LogP contribution in [0.1, 0.15) is 27.0 Å². The fourth-order valence-corrected chi connectivity index (χ4v) is 4.12. The molecule has 3 rings (SSSR count). The number of nitrogens with two attached hydrogens (primary N) is 1. The van der Waals surface area contributed by atoms with Crippen LogP contribution in [0.4, 0.5) is 13.2 Å². The SMILES string of the molecule is Cc1ccc(-c2c(C(N)=O)ccc(CN3CCN(C)CC3)c2C(F)(F)F)cc1I. The van der Waals surface area contributed by atoms with Crippen LogP contribution in [0.25, 0.3) is 11.1 Å². The Morgan fingerprint density at radius 1 is 1.14 bits per heavy atom. The Hall–Kier alpha value is -1.65. The molecular formula is C21H23F3IN3O. The van der Waals surface area contributed by atoms with E-state index in [1.807, 2.05) is 18.9 Å². The summed E-state index contributed by atoms with van der Waals surface area (Å²) in [6.45, 7) is 5.08. The number of primary amides is 1. The zero-order chi connectivity index (χ0) is 21.3. The fourth-order valence-electron chi connectivity index (χ4n) is 3.60. The number of halogens is 4. The minimum Gasteiger partial charge on any atom is -0.366 e. The molecule has 2 aromatic rings. The van der Waals surface area contributed by atoms with Crippen LogP contribution in [0.2, 0.25) is 0 Å². The number of alkyl halides is 3. The van der Waals surface area contributed by atoms with Gasteiger partial charge in [-0.15, -0.1) is 0 Å². The smallest absolute Gasteiger partial charge is 0.366 e. The second-order valence-corrected chi connectivity index (χ2v) is 8.59. The van der Waals surface area contributed by atoms with Crippen molar-refractivity contribution < 1.29 is 18.0 Å². The second-order valence-electron chi connectivity index (χ2n) is 7.43. The number of rotatable bonds is 4. The number of carbonyl (C=O) groups excluding carboxylic acids is 1. The molecule has 0 saturated carbocycles. The lowest BCUT2D eigenvalue weighted by molar-refractivity contribution is -0.138. The predicted molar refractivity (Wildman–Crippen MR) is 116 cm³/mol. The van der Waals surface area contributed by atoms with E-state index < -0.39 is 17.6 Å². The van der Waals surface area contributed by atoms with Gasteiger partial charge < -0.3 is 10.6 Å². The highest BCUT2D eigenvalue weighted by molar-refractivity contribution is 14.1. The summed E-state index contributed by atoms with van der Waals surface area (Å²) in [4.78, 5) is 16.2. The van der Waals surface area contributed by atoms with E-state index in [1.54, 1.807) is 18.2 Å². The summed E-state index contributed by atoms with van der Waals surface area (Å²) in [5, 5.41) is 0. The predicted octanol–water partition coefficient (Wildman–Crippen LogP) is 4.13. The first-order valence-electron chi connectivity index (χ1n) is 9.28. The molecule has 2 N–H and O–H groups in total. The van der Waals surface area contributed by atoms with Crippen molar-refractivity contribution >= 4 is 28.5 Å². The molecule has 1 fully saturated rings. The maximum atomic E-state index is 14.3. The van der Waals surface area contributed by atoms with Crippen LogP contribution < -0.4 is 5.73 Å². The van der Waals surface area contributed by atoms with Gasteiger partial charge in [0, 0.05) is 47.4 Å². The zero-order valence-electron chi connectivity index (χ0n) is 16.3. The summed E-state index contributed by atoms with van der Waals surface area (Å²) in [5.74, 6) is -0.868. The summed E-state index contributed by atoms with van der Waals surface area (Å²) in [7, 11) is 2.00. The monoisotopic (exact) mass is 517 g/mol. The quantitative estimate of drug-likeness (QED) is 0.621. The first-order chi connectivity index (χ1) is 13.6. The van der Waals surface area contributed by atoms with Gasteiger partial charge in [0.25, 0.3) is 0 Å². The number of piperazine rings is 1. The van der Waals surface area contributed by atoms with Gasteiger partial charge in [-0.1, -0.05) is 18.2 Å². The molecule has 1 aliphatic heterocycles. The van der Waals surface area contributed by atoms with Gasteiger partial charge in [-0.3, -0.25) is 9.69 Å². The third-order valence-electron chi connectivity index (χ3n) is 5.29. The minimum atomic E-state index is -4.61. The lowest BCUT2D eigenvalue weighted by Gasteiger charge is -2.33. The molecule has 0 bridgehead atoms. The number of benzene rings is 2. The third-order valence-corrected chi connectivity index (χ3v) is 6.45. The number of hydrogen-bond acceptors (Lipinski definition) is 3. The van der Waals surface area contributed by atoms with E-state index in [2.05, 4.69) is 27.5 Å². The van der Waals surface area contributed by atoms with Crippen molar-refractivity contribution in [2.75, 3.05) is 33.2 Å². The van der Waals surface area contributed by atoms with Crippen molar-refractivity contribution in [1.29, 1.82) is 0 Å². The van der Waals surface area contributed by atoms with Gasteiger partial charge in [-0.05, 0) is 65.4 Å². The average Bonchev–Trinajstić information content (AvgIpc) is 2.64. The summed E-state index contributed by atoms with van der Waals surface area (Å²) in [6, 6.07) is 7.87. The number of amides is 1. The van der Waals surface area contributed by atoms with E-state index in [1.165, 1.54) is 12.1 Å². The van der Waals surface area contributed by atoms with Crippen molar-refractivity contribution in [2.45, 2.75) is 19.6 Å². The molecule has 1 saturated heterocycles. The molecule has 0 unspecified atom stereocenters. The molecule has 1 heterocycles. The topological polar surface area (TPSA) is 49.6 Å². The lowest BCUT2D eigenvalue weighted by atomic mass is 9.89. The van der Waals surface area contributed by atoms with Crippen LogP contribution in [0.3, 0.4) is 0 Å². The van der Waals surface area contributed by atoms with Gasteiger partial charge in [0.15, 0.2) is 0 Å². The van der Waals surface area contributed by atoms with Gasteiger partial charge in [0.2, 0.25) is 5.91 Å². The standard InChI is InChI=1S/C21H23F3IN3O/c1-13-3-4-14(11-17(13)25)18-16(20(26)29)6-5-15(19(18)21(22,23)24)12-28-9-7-27(2)8-10-28/h3-6,11H,7-10,12H2,1-2H3,(H2,26,29). The summed E-state index contributed by atoms with van der Waals surface area (Å²) in [6.07, 6.45) is -4.61. The molecule has 2 aromatic carbocycles. The molecule has 29 heavy (non-hydrogen) atoms. The Balaban J connectivity index is 2.17. The Morgan fingerprint density at radius 2 is 1.79 bits per heavy atom. The second kappa shape index (κ2) is 8.61. The molecule has 0 aromatic heterocycles. The number of carbonyl (C=O) groups is 1. The molecule has 0 aliphatic carbocycles. The zero-order valence-corrected chi connectivity index (χ0v) is 18.5. The van der Waals surface area contributed by atoms with E-state index in [-0.39, 0.29) is 23.2 Å². The van der Waals surface area contributed by atoms with E-state index in [0.29, 0.717) is 18.7 Å². The molecule has 0 radical (unpaired) electrons. The average molecular weight is 517 g/mol. The van der Waals surface area contributed by atoms with Crippen molar-refractivity contribution in [2.24, 2.45) is 5.73 Å². The molecule has 8 heteroatoms. The highest BCUT2D eigenvalue weighted by atomic mass is 127. The van der Waals surface area contributed by atoms with Gasteiger partial charge in [-0.2, -0.15) is 13.2 Å². The summed E-state index contributed by atoms with van der Waals surface area (Å²) >= 11 is 2.08. The van der Waals surface area contributed by atoms with E-state index in [4.69, 9.17) is 5.73 Å². The summed E-state index contributed by atoms with van der Waals surface area (Å²) < 4.78 is 43.6. The van der Waals surface area contributed by atoms with Gasteiger partial charge in [0.05, 0.1) is 5.56 Å². The van der Waals surface area contributed by atoms with E-state index >= 15 is 0 Å². The molecular weight excluding hydrogens is 494 g/mol. The number of likely N-dealkylation sites (N-methyl/N-ethyl adjacent to an activating group) is 1. The lowest BCUT2D eigenvalue weighted by Crippen LogP contribution is -2.44. The van der Waals surface area contributed by atoms with Gasteiger partial charge >= 0.3 is 6.18 Å². The molecule has 1 aliphatic rings. The first-order valence-corrected chi connectivity index (χ1v) is 10.4. The Bertz CT molecular complexity index is 922. The van der Waals surface area contributed by atoms with E-state index in [9.17, 15) is 18.0 Å². The van der Waals surface area contributed by atoms with Crippen molar-refractivity contribution in [3.8, 4) is 11.1 Å². The highest BCUT2D eigenvalue weighted by Crippen LogP contribution is 2.42. The molecule has 0 atom stereocenters. The van der Waals surface area contributed by atoms with Crippen molar-refractivity contribution in [3.05, 3.63) is 56.2 Å². The molecule has 0 spiro atoms. The molecule has 1 amide bonds. The van der Waals surface area contributed by atoms with Crippen LogP contribution in [0, 0.1) is 10.5 Å². The van der Waals surface area contributed by atoms with Crippen LogP contribution in [0.5, 0.6) is 0 Å². The van der Waals surface area contributed by atoms with Crippen LogP contribution in [0.15, 0.2) is 30.3 Å². The largest absolute Gasteiger partial charge is 0.417 e. The van der Waals surface area contributed by atoms with Crippen LogP contribution in [-0.2, 0) is 12.7 Å². The molecule has 4 nitrogen and oxygen atoms in total. The normalized spacial score (nSPS) is 16.2. The molecule has 156 valence electrons. The van der Waals surface area contributed by atoms with Gasteiger partial charge in [-0.25, -0.2) is 0 Å². The van der Waals surface area contributed by atoms with Crippen molar-refractivity contribution in [1.82, 2.24) is 9.80 Å². The number of aryl methyl sites for hydroxylation is 1. The third kappa shape index (κ3) is 4.92. The minimum absolute atomic E-state index is 0.112. The highest BCUT2D eigenvalue weighted by Gasteiger charge is 2.38. The van der Waals surface area contributed by atoms with Gasteiger partial charge in [0.1, 0.15) is 0 Å².